The number of anilines is 1. The highest BCUT2D eigenvalue weighted by Gasteiger charge is 2.22. The zero-order chi connectivity index (χ0) is 21.5. The van der Waals surface area contributed by atoms with Crippen molar-refractivity contribution in [3.63, 3.8) is 0 Å². The summed E-state index contributed by atoms with van der Waals surface area (Å²) in [4.78, 5) is 28.5. The molecule has 0 saturated carbocycles. The number of halogens is 1. The lowest BCUT2D eigenvalue weighted by Crippen LogP contribution is -2.50. The van der Waals surface area contributed by atoms with Crippen molar-refractivity contribution >= 4 is 29.1 Å². The molecule has 1 heterocycles. The van der Waals surface area contributed by atoms with Crippen LogP contribution in [0.1, 0.15) is 20.3 Å². The maximum absolute atomic E-state index is 12.4. The summed E-state index contributed by atoms with van der Waals surface area (Å²) in [7, 11) is 0. The van der Waals surface area contributed by atoms with Crippen LogP contribution in [0.4, 0.5) is 5.69 Å². The van der Waals surface area contributed by atoms with Crippen LogP contribution in [0.3, 0.4) is 0 Å². The lowest BCUT2D eigenvalue weighted by molar-refractivity contribution is -0.133. The van der Waals surface area contributed by atoms with Crippen molar-refractivity contribution in [1.29, 1.82) is 0 Å². The number of hydrogen-bond donors (Lipinski definition) is 1. The highest BCUT2D eigenvalue weighted by Crippen LogP contribution is 2.29. The molecule has 2 amide bonds. The normalized spacial score (nSPS) is 14.6. The summed E-state index contributed by atoms with van der Waals surface area (Å²) >= 11 is 6.11. The van der Waals surface area contributed by atoms with Crippen LogP contribution in [0.15, 0.2) is 48.5 Å². The molecule has 1 aliphatic heterocycles. The molecule has 160 valence electrons. The van der Waals surface area contributed by atoms with Gasteiger partial charge in [0.1, 0.15) is 11.5 Å². The molecule has 1 fully saturated rings. The largest absolute Gasteiger partial charge is 0.456 e. The molecule has 7 heteroatoms. The molecule has 1 saturated heterocycles. The lowest BCUT2D eigenvalue weighted by atomic mass is 10.1. The number of amides is 2. The van der Waals surface area contributed by atoms with Crippen molar-refractivity contribution in [2.45, 2.75) is 20.3 Å². The summed E-state index contributed by atoms with van der Waals surface area (Å²) in [6, 6.07) is 14.4. The minimum Gasteiger partial charge on any atom is -0.456 e. The van der Waals surface area contributed by atoms with E-state index in [0.29, 0.717) is 67.3 Å². The van der Waals surface area contributed by atoms with Gasteiger partial charge in [0, 0.05) is 38.3 Å². The molecule has 3 rings (SSSR count). The molecule has 30 heavy (non-hydrogen) atoms. The number of carbonyl (C=O) groups is 2. The second-order valence-corrected chi connectivity index (χ2v) is 8.27. The number of nitrogens with zero attached hydrogens (tertiary/aromatic N) is 2. The van der Waals surface area contributed by atoms with Crippen molar-refractivity contribution in [3.8, 4) is 11.5 Å². The quantitative estimate of drug-likeness (QED) is 0.714. The monoisotopic (exact) mass is 429 g/mol. The molecular weight excluding hydrogens is 402 g/mol. The van der Waals surface area contributed by atoms with Gasteiger partial charge in [0.15, 0.2) is 0 Å². The van der Waals surface area contributed by atoms with Crippen LogP contribution >= 0.6 is 11.6 Å². The van der Waals surface area contributed by atoms with E-state index in [4.69, 9.17) is 16.3 Å². The molecule has 0 bridgehead atoms. The van der Waals surface area contributed by atoms with E-state index in [1.54, 1.807) is 36.4 Å². The van der Waals surface area contributed by atoms with Crippen LogP contribution in [0.2, 0.25) is 5.02 Å². The lowest BCUT2D eigenvalue weighted by Gasteiger charge is -2.34. The van der Waals surface area contributed by atoms with E-state index in [2.05, 4.69) is 10.2 Å². The van der Waals surface area contributed by atoms with E-state index in [0.717, 1.165) is 0 Å². The molecule has 0 spiro atoms. The fourth-order valence-electron chi connectivity index (χ4n) is 3.30. The van der Waals surface area contributed by atoms with E-state index < -0.39 is 0 Å². The van der Waals surface area contributed by atoms with Crippen LogP contribution in [0.25, 0.3) is 0 Å². The minimum absolute atomic E-state index is 0.0725. The van der Waals surface area contributed by atoms with Gasteiger partial charge in [-0.05, 0) is 42.3 Å². The van der Waals surface area contributed by atoms with Crippen LogP contribution in [0, 0.1) is 5.92 Å². The van der Waals surface area contributed by atoms with Gasteiger partial charge in [-0.1, -0.05) is 37.6 Å². The Hall–Kier alpha value is -2.57. The maximum atomic E-state index is 12.4. The number of hydrogen-bond acceptors (Lipinski definition) is 4. The van der Waals surface area contributed by atoms with Gasteiger partial charge in [-0.3, -0.25) is 14.5 Å². The van der Waals surface area contributed by atoms with Crippen molar-refractivity contribution in [1.82, 2.24) is 9.80 Å². The second kappa shape index (κ2) is 10.5. The number of piperazine rings is 1. The Morgan fingerprint density at radius 3 is 2.33 bits per heavy atom. The molecule has 0 aliphatic carbocycles. The average Bonchev–Trinajstić information content (AvgIpc) is 2.71. The summed E-state index contributed by atoms with van der Waals surface area (Å²) in [5.74, 6) is 1.72. The summed E-state index contributed by atoms with van der Waals surface area (Å²) < 4.78 is 5.76. The standard InChI is InChI=1S/C23H28ClN3O3/c1-17(2)15-23(29)27-13-11-26(12-14-27)16-22(28)25-18-7-9-19(10-8-18)30-21-6-4-3-5-20(21)24/h3-10,17H,11-16H2,1-2H3,(H,25,28). The first kappa shape index (κ1) is 22.1. The highest BCUT2D eigenvalue weighted by atomic mass is 35.5. The number of ether oxygens (including phenoxy) is 1. The summed E-state index contributed by atoms with van der Waals surface area (Å²) in [6.07, 6.45) is 0.580. The van der Waals surface area contributed by atoms with Gasteiger partial charge >= 0.3 is 0 Å². The van der Waals surface area contributed by atoms with Crippen LogP contribution in [0.5, 0.6) is 11.5 Å². The summed E-state index contributed by atoms with van der Waals surface area (Å²) in [5.41, 5.74) is 0.706. The van der Waals surface area contributed by atoms with E-state index in [1.165, 1.54) is 0 Å². The Bertz CT molecular complexity index is 862. The van der Waals surface area contributed by atoms with Gasteiger partial charge in [0.05, 0.1) is 11.6 Å². The molecule has 0 unspecified atom stereocenters. The Balaban J connectivity index is 1.44. The zero-order valence-corrected chi connectivity index (χ0v) is 18.2. The smallest absolute Gasteiger partial charge is 0.238 e. The first-order valence-corrected chi connectivity index (χ1v) is 10.6. The molecule has 1 N–H and O–H groups in total. The molecule has 0 aromatic heterocycles. The van der Waals surface area contributed by atoms with E-state index in [9.17, 15) is 9.59 Å². The Kier molecular flexibility index (Phi) is 7.71. The Morgan fingerprint density at radius 1 is 1.03 bits per heavy atom. The average molecular weight is 430 g/mol. The van der Waals surface area contributed by atoms with Crippen LogP contribution in [-0.4, -0.2) is 54.3 Å². The number of para-hydroxylation sites is 1. The van der Waals surface area contributed by atoms with E-state index in [-0.39, 0.29) is 11.8 Å². The molecule has 0 radical (unpaired) electrons. The first-order valence-electron chi connectivity index (χ1n) is 10.2. The number of carbonyl (C=O) groups excluding carboxylic acids is 2. The first-order chi connectivity index (χ1) is 14.4. The summed E-state index contributed by atoms with van der Waals surface area (Å²) in [5, 5.41) is 3.45. The van der Waals surface area contributed by atoms with E-state index >= 15 is 0 Å². The van der Waals surface area contributed by atoms with Crippen molar-refractivity contribution in [3.05, 3.63) is 53.6 Å². The van der Waals surface area contributed by atoms with Gasteiger partial charge in [0.25, 0.3) is 0 Å². The van der Waals surface area contributed by atoms with Crippen molar-refractivity contribution < 1.29 is 14.3 Å². The topological polar surface area (TPSA) is 61.9 Å². The van der Waals surface area contributed by atoms with Gasteiger partial charge in [0.2, 0.25) is 11.8 Å². The number of rotatable bonds is 7. The third-order valence-corrected chi connectivity index (χ3v) is 5.19. The molecular formula is C23H28ClN3O3. The molecule has 0 atom stereocenters. The van der Waals surface area contributed by atoms with Crippen LogP contribution in [-0.2, 0) is 9.59 Å². The molecule has 1 aliphatic rings. The maximum Gasteiger partial charge on any atom is 0.238 e. The molecule has 6 nitrogen and oxygen atoms in total. The van der Waals surface area contributed by atoms with Gasteiger partial charge in [-0.25, -0.2) is 0 Å². The van der Waals surface area contributed by atoms with Gasteiger partial charge in [-0.2, -0.15) is 0 Å². The predicted molar refractivity (Wildman–Crippen MR) is 119 cm³/mol. The number of nitrogens with one attached hydrogen (secondary N) is 1. The Morgan fingerprint density at radius 2 is 1.70 bits per heavy atom. The fraction of sp³-hybridized carbons (Fsp3) is 0.391. The number of benzene rings is 2. The highest BCUT2D eigenvalue weighted by molar-refractivity contribution is 6.32. The van der Waals surface area contributed by atoms with Crippen LogP contribution < -0.4 is 10.1 Å². The van der Waals surface area contributed by atoms with Crippen molar-refractivity contribution in [2.24, 2.45) is 5.92 Å². The Labute approximate surface area is 182 Å². The third-order valence-electron chi connectivity index (χ3n) is 4.88. The molecule has 2 aromatic carbocycles. The second-order valence-electron chi connectivity index (χ2n) is 7.86. The van der Waals surface area contributed by atoms with Gasteiger partial charge in [-0.15, -0.1) is 0 Å². The SMILES string of the molecule is CC(C)CC(=O)N1CCN(CC(=O)Nc2ccc(Oc3ccccc3Cl)cc2)CC1. The summed E-state index contributed by atoms with van der Waals surface area (Å²) in [6.45, 7) is 7.18. The molecule has 2 aromatic rings. The third kappa shape index (κ3) is 6.47. The van der Waals surface area contributed by atoms with Gasteiger partial charge < -0.3 is 15.0 Å². The van der Waals surface area contributed by atoms with E-state index in [1.807, 2.05) is 30.9 Å². The predicted octanol–water partition coefficient (Wildman–Crippen LogP) is 4.26. The fourth-order valence-corrected chi connectivity index (χ4v) is 3.47. The minimum atomic E-state index is -0.0725. The zero-order valence-electron chi connectivity index (χ0n) is 17.4. The van der Waals surface area contributed by atoms with Crippen molar-refractivity contribution in [2.75, 3.05) is 38.0 Å².